The van der Waals surface area contributed by atoms with E-state index in [0.717, 1.165) is 4.90 Å². The van der Waals surface area contributed by atoms with E-state index >= 15 is 0 Å². The first-order valence-corrected chi connectivity index (χ1v) is 8.14. The maximum absolute atomic E-state index is 12.7. The van der Waals surface area contributed by atoms with Crippen molar-refractivity contribution in [3.05, 3.63) is 89.5 Å². The van der Waals surface area contributed by atoms with Crippen molar-refractivity contribution in [1.29, 1.82) is 0 Å². The summed E-state index contributed by atoms with van der Waals surface area (Å²) in [6.07, 6.45) is 0. The number of rotatable bonds is 3. The van der Waals surface area contributed by atoms with Gasteiger partial charge in [-0.15, -0.1) is 0 Å². The predicted octanol–water partition coefficient (Wildman–Crippen LogP) is 3.41. The molecule has 0 unspecified atom stereocenters. The molecule has 0 saturated carbocycles. The van der Waals surface area contributed by atoms with E-state index in [-0.39, 0.29) is 28.1 Å². The predicted molar refractivity (Wildman–Crippen MR) is 97.1 cm³/mol. The van der Waals surface area contributed by atoms with Crippen molar-refractivity contribution < 1.29 is 24.2 Å². The van der Waals surface area contributed by atoms with Crippen LogP contribution in [0.5, 0.6) is 11.5 Å². The Hall–Kier alpha value is -3.93. The molecule has 0 bridgehead atoms. The van der Waals surface area contributed by atoms with Gasteiger partial charge in [-0.1, -0.05) is 30.3 Å². The minimum atomic E-state index is -0.634. The number of amides is 2. The summed E-state index contributed by atoms with van der Waals surface area (Å²) in [6, 6.07) is 18.8. The van der Waals surface area contributed by atoms with Crippen LogP contribution in [-0.2, 0) is 0 Å². The van der Waals surface area contributed by atoms with Crippen molar-refractivity contribution in [2.45, 2.75) is 0 Å². The van der Waals surface area contributed by atoms with E-state index in [9.17, 15) is 19.5 Å². The number of esters is 1. The van der Waals surface area contributed by atoms with Crippen LogP contribution in [0.1, 0.15) is 31.1 Å². The molecule has 0 aliphatic carbocycles. The van der Waals surface area contributed by atoms with Gasteiger partial charge in [0.15, 0.2) is 0 Å². The van der Waals surface area contributed by atoms with Crippen LogP contribution in [0, 0.1) is 0 Å². The number of carbonyl (C=O) groups is 3. The lowest BCUT2D eigenvalue weighted by Gasteiger charge is -2.14. The molecule has 0 aromatic heterocycles. The Balaban J connectivity index is 1.67. The Morgan fingerprint density at radius 3 is 2.22 bits per heavy atom. The highest BCUT2D eigenvalue weighted by Gasteiger charge is 2.38. The average molecular weight is 359 g/mol. The Morgan fingerprint density at radius 1 is 0.815 bits per heavy atom. The van der Waals surface area contributed by atoms with E-state index in [0.29, 0.717) is 5.75 Å². The number of fused-ring (bicyclic) bond motifs is 1. The van der Waals surface area contributed by atoms with Crippen LogP contribution >= 0.6 is 0 Å². The zero-order chi connectivity index (χ0) is 19.0. The van der Waals surface area contributed by atoms with Crippen LogP contribution in [0.25, 0.3) is 0 Å². The molecular formula is C21H13NO5. The summed E-state index contributed by atoms with van der Waals surface area (Å²) in [5, 5.41) is 9.97. The summed E-state index contributed by atoms with van der Waals surface area (Å²) in [5.74, 6) is -1.60. The van der Waals surface area contributed by atoms with Gasteiger partial charge in [-0.05, 0) is 42.5 Å². The number of phenols is 1. The molecule has 132 valence electrons. The molecule has 6 nitrogen and oxygen atoms in total. The van der Waals surface area contributed by atoms with Gasteiger partial charge in [0, 0.05) is 0 Å². The first kappa shape index (κ1) is 16.5. The van der Waals surface area contributed by atoms with Gasteiger partial charge in [0.25, 0.3) is 11.8 Å². The summed E-state index contributed by atoms with van der Waals surface area (Å²) < 4.78 is 5.26. The summed E-state index contributed by atoms with van der Waals surface area (Å²) in [6.45, 7) is 0. The van der Waals surface area contributed by atoms with Gasteiger partial charge in [-0.3, -0.25) is 9.59 Å². The molecule has 3 aromatic carbocycles. The van der Waals surface area contributed by atoms with E-state index in [4.69, 9.17) is 4.74 Å². The fourth-order valence-electron chi connectivity index (χ4n) is 2.89. The first-order valence-electron chi connectivity index (χ1n) is 8.14. The molecule has 1 heterocycles. The number of benzene rings is 3. The Kier molecular flexibility index (Phi) is 3.93. The average Bonchev–Trinajstić information content (AvgIpc) is 2.93. The zero-order valence-corrected chi connectivity index (χ0v) is 14.0. The van der Waals surface area contributed by atoms with Crippen LogP contribution in [0.4, 0.5) is 5.69 Å². The third-order valence-corrected chi connectivity index (χ3v) is 4.20. The molecule has 1 aliphatic heterocycles. The van der Waals surface area contributed by atoms with Crippen LogP contribution in [0.3, 0.4) is 0 Å². The molecule has 0 spiro atoms. The van der Waals surface area contributed by atoms with Gasteiger partial charge in [-0.25, -0.2) is 9.69 Å². The molecule has 3 aromatic rings. The Labute approximate surface area is 154 Å². The van der Waals surface area contributed by atoms with Crippen molar-refractivity contribution >= 4 is 23.5 Å². The van der Waals surface area contributed by atoms with Crippen molar-refractivity contribution in [2.75, 3.05) is 4.90 Å². The molecule has 1 N–H and O–H groups in total. The molecule has 0 fully saturated rings. The number of aromatic hydroxyl groups is 1. The molecule has 1 aliphatic rings. The number of anilines is 1. The summed E-state index contributed by atoms with van der Waals surface area (Å²) in [5.41, 5.74) is 0.500. The molecule has 4 rings (SSSR count). The molecular weight excluding hydrogens is 346 g/mol. The second-order valence-corrected chi connectivity index (χ2v) is 5.90. The highest BCUT2D eigenvalue weighted by molar-refractivity contribution is 6.35. The fourth-order valence-corrected chi connectivity index (χ4v) is 2.89. The quantitative estimate of drug-likeness (QED) is 0.440. The lowest BCUT2D eigenvalue weighted by molar-refractivity contribution is 0.0734. The van der Waals surface area contributed by atoms with E-state index < -0.39 is 17.8 Å². The monoisotopic (exact) mass is 359 g/mol. The van der Waals surface area contributed by atoms with Gasteiger partial charge >= 0.3 is 5.97 Å². The fraction of sp³-hybridized carbons (Fsp3) is 0. The lowest BCUT2D eigenvalue weighted by Crippen LogP contribution is -2.29. The molecule has 0 saturated heterocycles. The van der Waals surface area contributed by atoms with Crippen LogP contribution in [0.2, 0.25) is 0 Å². The number of hydrogen-bond acceptors (Lipinski definition) is 5. The second-order valence-electron chi connectivity index (χ2n) is 5.90. The van der Waals surface area contributed by atoms with Gasteiger partial charge in [0.1, 0.15) is 11.5 Å². The SMILES string of the molecule is O=C(Oc1ccccc1)c1ccc2c(c1)C(=O)N(c1ccccc1O)C2=O. The number of para-hydroxylation sites is 3. The van der Waals surface area contributed by atoms with Crippen molar-refractivity contribution in [3.63, 3.8) is 0 Å². The van der Waals surface area contributed by atoms with Gasteiger partial charge in [0.2, 0.25) is 0 Å². The van der Waals surface area contributed by atoms with Crippen molar-refractivity contribution in [2.24, 2.45) is 0 Å². The number of phenolic OH excluding ortho intramolecular Hbond substituents is 1. The molecule has 0 radical (unpaired) electrons. The second kappa shape index (κ2) is 6.42. The maximum Gasteiger partial charge on any atom is 0.343 e. The van der Waals surface area contributed by atoms with Gasteiger partial charge < -0.3 is 9.84 Å². The first-order chi connectivity index (χ1) is 13.1. The van der Waals surface area contributed by atoms with Crippen LogP contribution < -0.4 is 9.64 Å². The topological polar surface area (TPSA) is 83.9 Å². The molecule has 27 heavy (non-hydrogen) atoms. The Bertz CT molecular complexity index is 1070. The Morgan fingerprint density at radius 2 is 1.48 bits per heavy atom. The third-order valence-electron chi connectivity index (χ3n) is 4.20. The van der Waals surface area contributed by atoms with Gasteiger partial charge in [0.05, 0.1) is 22.4 Å². The number of imide groups is 1. The maximum atomic E-state index is 12.7. The number of nitrogens with zero attached hydrogens (tertiary/aromatic N) is 1. The summed E-state index contributed by atoms with van der Waals surface area (Å²) >= 11 is 0. The number of carbonyl (C=O) groups excluding carboxylic acids is 3. The molecule has 6 heteroatoms. The number of ether oxygens (including phenoxy) is 1. The highest BCUT2D eigenvalue weighted by atomic mass is 16.5. The van der Waals surface area contributed by atoms with Crippen molar-refractivity contribution in [3.8, 4) is 11.5 Å². The molecule has 0 atom stereocenters. The smallest absolute Gasteiger partial charge is 0.343 e. The highest BCUT2D eigenvalue weighted by Crippen LogP contribution is 2.34. The minimum absolute atomic E-state index is 0.0887. The lowest BCUT2D eigenvalue weighted by atomic mass is 10.1. The van der Waals surface area contributed by atoms with E-state index in [1.54, 1.807) is 42.5 Å². The van der Waals surface area contributed by atoms with Crippen molar-refractivity contribution in [1.82, 2.24) is 0 Å². The molecule has 2 amide bonds. The zero-order valence-electron chi connectivity index (χ0n) is 14.0. The van der Waals surface area contributed by atoms with Gasteiger partial charge in [-0.2, -0.15) is 0 Å². The standard InChI is InChI=1S/C21H13NO5/c23-18-9-5-4-8-17(18)22-19(24)15-11-10-13(12-16(15)20(22)25)21(26)27-14-6-2-1-3-7-14/h1-12,23H. The van der Waals surface area contributed by atoms with E-state index in [1.165, 1.54) is 30.3 Å². The van der Waals surface area contributed by atoms with Crippen LogP contribution in [-0.4, -0.2) is 22.9 Å². The minimum Gasteiger partial charge on any atom is -0.506 e. The van der Waals surface area contributed by atoms with E-state index in [2.05, 4.69) is 0 Å². The summed E-state index contributed by atoms with van der Waals surface area (Å²) in [4.78, 5) is 38.6. The number of hydrogen-bond donors (Lipinski definition) is 1. The third kappa shape index (κ3) is 2.83. The summed E-state index contributed by atoms with van der Waals surface area (Å²) in [7, 11) is 0. The van der Waals surface area contributed by atoms with Crippen LogP contribution in [0.15, 0.2) is 72.8 Å². The normalized spacial score (nSPS) is 12.8. The van der Waals surface area contributed by atoms with E-state index in [1.807, 2.05) is 0 Å². The largest absolute Gasteiger partial charge is 0.506 e.